The van der Waals surface area contributed by atoms with E-state index in [2.05, 4.69) is 20.0 Å². The monoisotopic (exact) mass is 362 g/mol. The standard InChI is InChI=1S/C19H18N6O2/c1-11-12(2)22-19-20-10-21-25(19)16(11)23-8-14-15(9-23)18(27)24(17(14)26)13-6-4-3-5-7-13/h3-7,10,14-15H,8-9H2,1-2H3. The van der Waals surface area contributed by atoms with Gasteiger partial charge >= 0.3 is 0 Å². The van der Waals surface area contributed by atoms with E-state index < -0.39 is 0 Å². The molecule has 2 unspecified atom stereocenters. The van der Waals surface area contributed by atoms with Crippen LogP contribution in [0, 0.1) is 25.7 Å². The van der Waals surface area contributed by atoms with Crippen molar-refractivity contribution < 1.29 is 9.59 Å². The van der Waals surface area contributed by atoms with Crippen molar-refractivity contribution in [3.63, 3.8) is 0 Å². The van der Waals surface area contributed by atoms with E-state index >= 15 is 0 Å². The number of rotatable bonds is 2. The molecule has 0 bridgehead atoms. The van der Waals surface area contributed by atoms with E-state index in [4.69, 9.17) is 0 Å². The normalized spacial score (nSPS) is 22.1. The molecule has 8 heteroatoms. The first-order valence-electron chi connectivity index (χ1n) is 8.91. The second-order valence-electron chi connectivity index (χ2n) is 7.08. The first-order chi connectivity index (χ1) is 13.1. The fraction of sp³-hybridized carbons (Fsp3) is 0.316. The van der Waals surface area contributed by atoms with Crippen molar-refractivity contribution >= 4 is 29.1 Å². The Morgan fingerprint density at radius 1 is 1.00 bits per heavy atom. The third-order valence-corrected chi connectivity index (χ3v) is 5.59. The number of aryl methyl sites for hydroxylation is 1. The van der Waals surface area contributed by atoms with Crippen LogP contribution in [0.5, 0.6) is 0 Å². The summed E-state index contributed by atoms with van der Waals surface area (Å²) >= 11 is 0. The average molecular weight is 362 g/mol. The molecule has 2 amide bonds. The number of carbonyl (C=O) groups is 2. The highest BCUT2D eigenvalue weighted by molar-refractivity contribution is 6.22. The van der Waals surface area contributed by atoms with Crippen LogP contribution in [0.1, 0.15) is 11.3 Å². The van der Waals surface area contributed by atoms with Crippen LogP contribution in [0.15, 0.2) is 36.7 Å². The molecule has 0 radical (unpaired) electrons. The summed E-state index contributed by atoms with van der Waals surface area (Å²) in [6.45, 7) is 4.88. The first kappa shape index (κ1) is 15.9. The van der Waals surface area contributed by atoms with Gasteiger partial charge in [0.05, 0.1) is 17.5 Å². The number of imide groups is 1. The highest BCUT2D eigenvalue weighted by atomic mass is 16.2. The van der Waals surface area contributed by atoms with E-state index in [0.717, 1.165) is 17.1 Å². The fourth-order valence-corrected chi connectivity index (χ4v) is 4.14. The van der Waals surface area contributed by atoms with Crippen LogP contribution in [-0.2, 0) is 9.59 Å². The molecule has 2 atom stereocenters. The summed E-state index contributed by atoms with van der Waals surface area (Å²) in [5.74, 6) is 0.437. The molecule has 3 aromatic rings. The van der Waals surface area contributed by atoms with Crippen LogP contribution >= 0.6 is 0 Å². The molecule has 0 spiro atoms. The Labute approximate surface area is 155 Å². The zero-order valence-corrected chi connectivity index (χ0v) is 15.0. The second-order valence-corrected chi connectivity index (χ2v) is 7.08. The van der Waals surface area contributed by atoms with Gasteiger partial charge in [0.2, 0.25) is 11.8 Å². The summed E-state index contributed by atoms with van der Waals surface area (Å²) < 4.78 is 1.69. The molecule has 27 heavy (non-hydrogen) atoms. The maximum Gasteiger partial charge on any atom is 0.254 e. The Bertz CT molecular complexity index is 1050. The molecule has 2 aromatic heterocycles. The quantitative estimate of drug-likeness (QED) is 0.640. The number of para-hydroxylation sites is 1. The molecule has 2 aliphatic rings. The van der Waals surface area contributed by atoms with Gasteiger partial charge in [-0.15, -0.1) is 0 Å². The predicted octanol–water partition coefficient (Wildman–Crippen LogP) is 1.37. The smallest absolute Gasteiger partial charge is 0.254 e. The number of carbonyl (C=O) groups excluding carboxylic acids is 2. The summed E-state index contributed by atoms with van der Waals surface area (Å²) in [6.07, 6.45) is 1.47. The average Bonchev–Trinajstić information content (AvgIpc) is 3.35. The van der Waals surface area contributed by atoms with Crippen molar-refractivity contribution in [3.05, 3.63) is 47.9 Å². The molecule has 0 saturated carbocycles. The molecule has 2 saturated heterocycles. The van der Waals surface area contributed by atoms with E-state index in [1.54, 1.807) is 16.6 Å². The topological polar surface area (TPSA) is 83.7 Å². The van der Waals surface area contributed by atoms with Crippen molar-refractivity contribution in [2.24, 2.45) is 11.8 Å². The number of hydrogen-bond acceptors (Lipinski definition) is 6. The van der Waals surface area contributed by atoms with Crippen molar-refractivity contribution in [1.29, 1.82) is 0 Å². The second kappa shape index (κ2) is 5.60. The zero-order valence-electron chi connectivity index (χ0n) is 15.0. The van der Waals surface area contributed by atoms with Gasteiger partial charge in [0.1, 0.15) is 12.1 Å². The predicted molar refractivity (Wildman–Crippen MR) is 98.4 cm³/mol. The van der Waals surface area contributed by atoms with Crippen LogP contribution in [-0.4, -0.2) is 44.5 Å². The van der Waals surface area contributed by atoms with E-state index in [0.29, 0.717) is 24.6 Å². The Morgan fingerprint density at radius 3 is 2.33 bits per heavy atom. The number of anilines is 2. The van der Waals surface area contributed by atoms with Gasteiger partial charge in [0.15, 0.2) is 0 Å². The lowest BCUT2D eigenvalue weighted by Gasteiger charge is -2.24. The van der Waals surface area contributed by atoms with Crippen LogP contribution in [0.3, 0.4) is 0 Å². The van der Waals surface area contributed by atoms with Gasteiger partial charge in [0.25, 0.3) is 5.78 Å². The van der Waals surface area contributed by atoms with Crippen LogP contribution in [0.25, 0.3) is 5.78 Å². The molecule has 136 valence electrons. The number of fused-ring (bicyclic) bond motifs is 2. The zero-order chi connectivity index (χ0) is 18.7. The summed E-state index contributed by atoms with van der Waals surface area (Å²) in [5, 5.41) is 4.28. The van der Waals surface area contributed by atoms with Gasteiger partial charge in [0, 0.05) is 24.3 Å². The molecule has 5 rings (SSSR count). The molecule has 1 aromatic carbocycles. The third kappa shape index (κ3) is 2.19. The van der Waals surface area contributed by atoms with Crippen molar-refractivity contribution in [1.82, 2.24) is 19.6 Å². The molecular formula is C19H18N6O2. The summed E-state index contributed by atoms with van der Waals surface area (Å²) in [7, 11) is 0. The Kier molecular flexibility index (Phi) is 3.30. The molecular weight excluding hydrogens is 344 g/mol. The minimum Gasteiger partial charge on any atom is -0.355 e. The molecule has 2 aliphatic heterocycles. The highest BCUT2D eigenvalue weighted by Gasteiger charge is 2.53. The largest absolute Gasteiger partial charge is 0.355 e. The molecule has 2 fully saturated rings. The minimum absolute atomic E-state index is 0.128. The van der Waals surface area contributed by atoms with Gasteiger partial charge in [-0.05, 0) is 26.0 Å². The van der Waals surface area contributed by atoms with Gasteiger partial charge in [-0.3, -0.25) is 9.59 Å². The molecule has 0 aliphatic carbocycles. The first-order valence-corrected chi connectivity index (χ1v) is 8.91. The van der Waals surface area contributed by atoms with Crippen molar-refractivity contribution in [3.8, 4) is 0 Å². The van der Waals surface area contributed by atoms with Crippen LogP contribution in [0.2, 0.25) is 0 Å². The molecule has 0 N–H and O–H groups in total. The van der Waals surface area contributed by atoms with E-state index in [1.165, 1.54) is 11.2 Å². The lowest BCUT2D eigenvalue weighted by Crippen LogP contribution is -2.36. The van der Waals surface area contributed by atoms with Crippen LogP contribution in [0.4, 0.5) is 11.5 Å². The van der Waals surface area contributed by atoms with Gasteiger partial charge in [-0.1, -0.05) is 18.2 Å². The Morgan fingerprint density at radius 2 is 1.67 bits per heavy atom. The van der Waals surface area contributed by atoms with Crippen molar-refractivity contribution in [2.75, 3.05) is 22.9 Å². The lowest BCUT2D eigenvalue weighted by molar-refractivity contribution is -0.122. The van der Waals surface area contributed by atoms with E-state index in [-0.39, 0.29) is 23.7 Å². The van der Waals surface area contributed by atoms with Crippen molar-refractivity contribution in [2.45, 2.75) is 13.8 Å². The third-order valence-electron chi connectivity index (χ3n) is 5.59. The van der Waals surface area contributed by atoms with Gasteiger partial charge < -0.3 is 4.90 Å². The number of aromatic nitrogens is 4. The SMILES string of the molecule is Cc1nc2ncnn2c(N2CC3C(=O)N(c4ccccc4)C(=O)C3C2)c1C. The fourth-order valence-electron chi connectivity index (χ4n) is 4.14. The summed E-state index contributed by atoms with van der Waals surface area (Å²) in [6, 6.07) is 9.13. The number of hydrogen-bond donors (Lipinski definition) is 0. The van der Waals surface area contributed by atoms with Gasteiger partial charge in [-0.2, -0.15) is 14.6 Å². The van der Waals surface area contributed by atoms with Gasteiger partial charge in [-0.25, -0.2) is 9.88 Å². The molecule has 8 nitrogen and oxygen atoms in total. The molecule has 4 heterocycles. The van der Waals surface area contributed by atoms with E-state index in [1.807, 2.05) is 32.0 Å². The summed E-state index contributed by atoms with van der Waals surface area (Å²) in [4.78, 5) is 38.0. The Hall–Kier alpha value is -3.29. The maximum absolute atomic E-state index is 13.0. The van der Waals surface area contributed by atoms with Crippen LogP contribution < -0.4 is 9.80 Å². The maximum atomic E-state index is 13.0. The minimum atomic E-state index is -0.343. The Balaban J connectivity index is 1.51. The number of amides is 2. The summed E-state index contributed by atoms with van der Waals surface area (Å²) in [5.41, 5.74) is 2.49. The highest BCUT2D eigenvalue weighted by Crippen LogP contribution is 2.38. The number of benzene rings is 1. The lowest BCUT2D eigenvalue weighted by atomic mass is 10.00. The van der Waals surface area contributed by atoms with E-state index in [9.17, 15) is 9.59 Å². The number of nitrogens with zero attached hydrogens (tertiary/aromatic N) is 6.